The highest BCUT2D eigenvalue weighted by Gasteiger charge is 2.45. The van der Waals surface area contributed by atoms with Crippen LogP contribution in [0.25, 0.3) is 0 Å². The van der Waals surface area contributed by atoms with E-state index in [4.69, 9.17) is 14.2 Å². The zero-order valence-corrected chi connectivity index (χ0v) is 24.8. The van der Waals surface area contributed by atoms with Crippen LogP contribution in [0.2, 0.25) is 0 Å². The van der Waals surface area contributed by atoms with Crippen molar-refractivity contribution in [2.45, 2.75) is 129 Å². The number of carbonyl (C=O) groups excluding carboxylic acids is 3. The van der Waals surface area contributed by atoms with Crippen molar-refractivity contribution in [2.75, 3.05) is 6.61 Å². The number of esters is 1. The monoisotopic (exact) mass is 578 g/mol. The Bertz CT molecular complexity index is 944. The van der Waals surface area contributed by atoms with Crippen LogP contribution in [0.15, 0.2) is 30.3 Å². The maximum Gasteiger partial charge on any atom is 0.306 e. The zero-order chi connectivity index (χ0) is 29.7. The third-order valence-corrected chi connectivity index (χ3v) is 8.31. The summed E-state index contributed by atoms with van der Waals surface area (Å²) >= 11 is 0. The average Bonchev–Trinajstić information content (AvgIpc) is 3.25. The number of hydrogen-bond donors (Lipinski definition) is 0. The Morgan fingerprint density at radius 3 is 2.49 bits per heavy atom. The Morgan fingerprint density at radius 1 is 1.02 bits per heavy atom. The van der Waals surface area contributed by atoms with E-state index in [2.05, 4.69) is 0 Å². The van der Waals surface area contributed by atoms with Gasteiger partial charge in [-0.05, 0) is 62.3 Å². The maximum absolute atomic E-state index is 14.5. The Hall–Kier alpha value is -2.19. The summed E-state index contributed by atoms with van der Waals surface area (Å²) in [7, 11) is 0. The smallest absolute Gasteiger partial charge is 0.306 e. The number of ketones is 2. The minimum atomic E-state index is -3.34. The fourth-order valence-corrected chi connectivity index (χ4v) is 5.81. The molecule has 1 aliphatic heterocycles. The Morgan fingerprint density at radius 2 is 1.78 bits per heavy atom. The molecule has 0 radical (unpaired) electrons. The third-order valence-electron chi connectivity index (χ3n) is 8.31. The summed E-state index contributed by atoms with van der Waals surface area (Å²) < 4.78 is 46.3. The topological polar surface area (TPSA) is 78.9 Å². The molecule has 0 bridgehead atoms. The standard InChI is InChI=1S/C33H48F2O6/c1-24(2)19-20-33(34,35)30(37)18-17-27-26(28(36)22-29(27)41-32-16-10-11-21-39-32)14-8-3-4-9-15-31(38)40-23-25-12-6-5-7-13-25/h5-7,12-13,24,26-27,29,32H,3-4,8-11,14-23H2,1-2H3. The first kappa shape index (κ1) is 33.3. The van der Waals surface area contributed by atoms with Crippen LogP contribution in [-0.4, -0.2) is 42.5 Å². The molecular weight excluding hydrogens is 530 g/mol. The van der Waals surface area contributed by atoms with Crippen molar-refractivity contribution in [3.8, 4) is 0 Å². The second-order valence-electron chi connectivity index (χ2n) is 12.1. The van der Waals surface area contributed by atoms with Crippen molar-refractivity contribution in [2.24, 2.45) is 17.8 Å². The van der Waals surface area contributed by atoms with E-state index in [0.29, 0.717) is 32.3 Å². The van der Waals surface area contributed by atoms with Gasteiger partial charge in [0.15, 0.2) is 6.29 Å². The zero-order valence-electron chi connectivity index (χ0n) is 24.8. The molecule has 1 aromatic carbocycles. The minimum Gasteiger partial charge on any atom is -0.461 e. The van der Waals surface area contributed by atoms with Crippen LogP contribution in [0, 0.1) is 17.8 Å². The van der Waals surface area contributed by atoms with Crippen LogP contribution in [0.1, 0.15) is 109 Å². The molecule has 1 aliphatic carbocycles. The SMILES string of the molecule is CC(C)CCC(F)(F)C(=O)CCC1C(OC2CCCCO2)CC(=O)C1CCCCCCC(=O)OCc1ccccc1. The Labute approximate surface area is 243 Å². The fraction of sp³-hybridized carbons (Fsp3) is 0.727. The largest absolute Gasteiger partial charge is 0.461 e. The number of rotatable bonds is 18. The highest BCUT2D eigenvalue weighted by Crippen LogP contribution is 2.40. The summed E-state index contributed by atoms with van der Waals surface area (Å²) in [5, 5.41) is 0. The van der Waals surface area contributed by atoms with Gasteiger partial charge in [0, 0.05) is 38.2 Å². The van der Waals surface area contributed by atoms with Crippen molar-refractivity contribution in [3.05, 3.63) is 35.9 Å². The van der Waals surface area contributed by atoms with Gasteiger partial charge in [-0.2, -0.15) is 8.78 Å². The lowest BCUT2D eigenvalue weighted by Gasteiger charge is -2.30. The predicted molar refractivity (Wildman–Crippen MR) is 152 cm³/mol. The van der Waals surface area contributed by atoms with Crippen LogP contribution in [0.4, 0.5) is 8.78 Å². The van der Waals surface area contributed by atoms with Gasteiger partial charge < -0.3 is 14.2 Å². The molecule has 3 rings (SSSR count). The van der Waals surface area contributed by atoms with Gasteiger partial charge in [0.2, 0.25) is 5.78 Å². The van der Waals surface area contributed by atoms with Crippen LogP contribution in [0.5, 0.6) is 0 Å². The molecule has 6 nitrogen and oxygen atoms in total. The molecule has 1 saturated carbocycles. The first-order valence-electron chi connectivity index (χ1n) is 15.6. The molecule has 230 valence electrons. The summed E-state index contributed by atoms with van der Waals surface area (Å²) in [6, 6.07) is 9.55. The fourth-order valence-electron chi connectivity index (χ4n) is 5.81. The van der Waals surface area contributed by atoms with Crippen LogP contribution in [-0.2, 0) is 35.2 Å². The highest BCUT2D eigenvalue weighted by atomic mass is 19.3. The van der Waals surface area contributed by atoms with Gasteiger partial charge in [-0.15, -0.1) is 0 Å². The van der Waals surface area contributed by atoms with E-state index in [9.17, 15) is 23.2 Å². The number of unbranched alkanes of at least 4 members (excludes halogenated alkanes) is 3. The van der Waals surface area contributed by atoms with E-state index < -0.39 is 24.2 Å². The lowest BCUT2D eigenvalue weighted by molar-refractivity contribution is -0.196. The number of halogens is 2. The molecule has 0 aromatic heterocycles. The van der Waals surface area contributed by atoms with E-state index >= 15 is 0 Å². The van der Waals surface area contributed by atoms with E-state index in [0.717, 1.165) is 44.1 Å². The molecule has 8 heteroatoms. The number of Topliss-reactive ketones (excluding diaryl/α,β-unsaturated/α-hetero) is 2. The molecule has 1 aromatic rings. The van der Waals surface area contributed by atoms with E-state index in [-0.39, 0.29) is 61.7 Å². The summed E-state index contributed by atoms with van der Waals surface area (Å²) in [4.78, 5) is 37.6. The van der Waals surface area contributed by atoms with Crippen molar-refractivity contribution >= 4 is 17.5 Å². The van der Waals surface area contributed by atoms with Gasteiger partial charge in [0.25, 0.3) is 0 Å². The van der Waals surface area contributed by atoms with Gasteiger partial charge >= 0.3 is 11.9 Å². The number of carbonyl (C=O) groups is 3. The van der Waals surface area contributed by atoms with Gasteiger partial charge in [0.05, 0.1) is 6.10 Å². The Balaban J connectivity index is 1.46. The third kappa shape index (κ3) is 11.5. The summed E-state index contributed by atoms with van der Waals surface area (Å²) in [5.74, 6) is -5.00. The maximum atomic E-state index is 14.5. The normalized spacial score (nSPS) is 23.2. The van der Waals surface area contributed by atoms with E-state index in [1.54, 1.807) is 0 Å². The lowest BCUT2D eigenvalue weighted by atomic mass is 9.84. The second kappa shape index (κ2) is 17.1. The molecule has 2 fully saturated rings. The molecule has 41 heavy (non-hydrogen) atoms. The van der Waals surface area contributed by atoms with Crippen LogP contribution >= 0.6 is 0 Å². The molecule has 4 unspecified atom stereocenters. The molecule has 1 saturated heterocycles. The summed E-state index contributed by atoms with van der Waals surface area (Å²) in [6.07, 6.45) is 6.14. The average molecular weight is 579 g/mol. The number of alkyl halides is 2. The molecule has 0 spiro atoms. The van der Waals surface area contributed by atoms with Crippen molar-refractivity contribution < 1.29 is 37.4 Å². The highest BCUT2D eigenvalue weighted by molar-refractivity contribution is 5.86. The molecule has 2 aliphatic rings. The molecular formula is C33H48F2O6. The van der Waals surface area contributed by atoms with Crippen LogP contribution in [0.3, 0.4) is 0 Å². The molecule has 0 amide bonds. The predicted octanol–water partition coefficient (Wildman–Crippen LogP) is 7.61. The lowest BCUT2D eigenvalue weighted by Crippen LogP contribution is -2.33. The molecule has 0 N–H and O–H groups in total. The molecule has 4 atom stereocenters. The quantitative estimate of drug-likeness (QED) is 0.132. The van der Waals surface area contributed by atoms with Crippen molar-refractivity contribution in [3.63, 3.8) is 0 Å². The van der Waals surface area contributed by atoms with Gasteiger partial charge in [-0.3, -0.25) is 14.4 Å². The minimum absolute atomic E-state index is 0.0827. The van der Waals surface area contributed by atoms with Gasteiger partial charge in [-0.25, -0.2) is 0 Å². The number of ether oxygens (including phenoxy) is 3. The van der Waals surface area contributed by atoms with Gasteiger partial charge in [0.1, 0.15) is 12.4 Å². The summed E-state index contributed by atoms with van der Waals surface area (Å²) in [6.45, 7) is 4.61. The van der Waals surface area contributed by atoms with Crippen molar-refractivity contribution in [1.82, 2.24) is 0 Å². The van der Waals surface area contributed by atoms with E-state index in [1.807, 2.05) is 44.2 Å². The molecule has 1 heterocycles. The van der Waals surface area contributed by atoms with Crippen molar-refractivity contribution in [1.29, 1.82) is 0 Å². The van der Waals surface area contributed by atoms with Crippen LogP contribution < -0.4 is 0 Å². The van der Waals surface area contributed by atoms with E-state index in [1.165, 1.54) is 0 Å². The number of benzene rings is 1. The summed E-state index contributed by atoms with van der Waals surface area (Å²) in [5.41, 5.74) is 0.954. The first-order chi connectivity index (χ1) is 19.7. The second-order valence-corrected chi connectivity index (χ2v) is 12.1. The first-order valence-corrected chi connectivity index (χ1v) is 15.6. The Kier molecular flexibility index (Phi) is 13.9. The number of hydrogen-bond acceptors (Lipinski definition) is 6. The van der Waals surface area contributed by atoms with Gasteiger partial charge in [-0.1, -0.05) is 63.4 Å².